The molecule has 0 saturated heterocycles. The Morgan fingerprint density at radius 2 is 1.67 bits per heavy atom. The Hall–Kier alpha value is -1.12. The molecule has 3 heteroatoms. The summed E-state index contributed by atoms with van der Waals surface area (Å²) in [4.78, 5) is 0. The highest BCUT2D eigenvalue weighted by molar-refractivity contribution is 5.53. The molecule has 0 aliphatic carbocycles. The molecule has 0 aliphatic heterocycles. The van der Waals surface area contributed by atoms with Crippen LogP contribution in [0.4, 0.5) is 14.5 Å². The van der Waals surface area contributed by atoms with Crippen molar-refractivity contribution in [1.29, 1.82) is 0 Å². The minimum atomic E-state index is -2.34. The van der Waals surface area contributed by atoms with Gasteiger partial charge in [0.25, 0.3) is 6.43 Å². The minimum Gasteiger partial charge on any atom is -0.377 e. The number of rotatable bonds is 4. The first-order valence-electron chi connectivity index (χ1n) is 5.16. The summed E-state index contributed by atoms with van der Waals surface area (Å²) in [6.07, 6.45) is -2.34. The van der Waals surface area contributed by atoms with Crippen molar-refractivity contribution < 1.29 is 8.78 Å². The largest absolute Gasteiger partial charge is 0.377 e. The molecule has 1 N–H and O–H groups in total. The SMILES string of the molecule is CC(C)c1ccccc1NC(C)C(F)F. The minimum absolute atomic E-state index is 0.332. The second kappa shape index (κ2) is 5.10. The van der Waals surface area contributed by atoms with Crippen LogP contribution in [0.25, 0.3) is 0 Å². The van der Waals surface area contributed by atoms with Gasteiger partial charge in [0.05, 0.1) is 6.04 Å². The highest BCUT2D eigenvalue weighted by Gasteiger charge is 2.15. The predicted octanol–water partition coefficient (Wildman–Crippen LogP) is 3.88. The molecule has 0 heterocycles. The van der Waals surface area contributed by atoms with Gasteiger partial charge in [0.2, 0.25) is 0 Å². The second-order valence-corrected chi connectivity index (χ2v) is 4.01. The van der Waals surface area contributed by atoms with E-state index in [1.165, 1.54) is 6.92 Å². The summed E-state index contributed by atoms with van der Waals surface area (Å²) in [5.41, 5.74) is 1.88. The lowest BCUT2D eigenvalue weighted by molar-refractivity contribution is 0.130. The summed E-state index contributed by atoms with van der Waals surface area (Å²) in [5, 5.41) is 2.84. The van der Waals surface area contributed by atoms with Crippen LogP contribution in [0.2, 0.25) is 0 Å². The molecule has 0 amide bonds. The van der Waals surface area contributed by atoms with Crippen molar-refractivity contribution in [3.05, 3.63) is 29.8 Å². The van der Waals surface area contributed by atoms with Gasteiger partial charge in [-0.15, -0.1) is 0 Å². The van der Waals surface area contributed by atoms with Crippen molar-refractivity contribution in [1.82, 2.24) is 0 Å². The van der Waals surface area contributed by atoms with E-state index >= 15 is 0 Å². The van der Waals surface area contributed by atoms with Crippen molar-refractivity contribution in [3.63, 3.8) is 0 Å². The third-order valence-corrected chi connectivity index (χ3v) is 2.34. The Morgan fingerprint density at radius 3 is 2.20 bits per heavy atom. The zero-order valence-electron chi connectivity index (χ0n) is 9.30. The van der Waals surface area contributed by atoms with Crippen molar-refractivity contribution in [2.45, 2.75) is 39.2 Å². The van der Waals surface area contributed by atoms with Crippen LogP contribution in [-0.2, 0) is 0 Å². The van der Waals surface area contributed by atoms with E-state index in [-0.39, 0.29) is 0 Å². The Balaban J connectivity index is 2.84. The van der Waals surface area contributed by atoms with Gasteiger partial charge in [0.1, 0.15) is 0 Å². The Bertz CT molecular complexity index is 310. The zero-order chi connectivity index (χ0) is 11.4. The number of halogens is 2. The number of hydrogen-bond acceptors (Lipinski definition) is 1. The molecular weight excluding hydrogens is 196 g/mol. The third-order valence-electron chi connectivity index (χ3n) is 2.34. The Labute approximate surface area is 89.5 Å². The van der Waals surface area contributed by atoms with E-state index in [0.29, 0.717) is 5.92 Å². The van der Waals surface area contributed by atoms with Gasteiger partial charge in [0, 0.05) is 5.69 Å². The van der Waals surface area contributed by atoms with Gasteiger partial charge in [0.15, 0.2) is 0 Å². The van der Waals surface area contributed by atoms with E-state index in [2.05, 4.69) is 5.32 Å². The quantitative estimate of drug-likeness (QED) is 0.800. The predicted molar refractivity (Wildman–Crippen MR) is 59.6 cm³/mol. The first kappa shape index (κ1) is 12.0. The van der Waals surface area contributed by atoms with Crippen molar-refractivity contribution in [2.75, 3.05) is 5.32 Å². The maximum absolute atomic E-state index is 12.4. The standard InChI is InChI=1S/C12H17F2N/c1-8(2)10-6-4-5-7-11(10)15-9(3)12(13)14/h4-9,12,15H,1-3H3. The van der Waals surface area contributed by atoms with Gasteiger partial charge < -0.3 is 5.32 Å². The van der Waals surface area contributed by atoms with Gasteiger partial charge >= 0.3 is 0 Å². The third kappa shape index (κ3) is 3.18. The number of alkyl halides is 2. The normalized spacial score (nSPS) is 13.3. The molecule has 0 bridgehead atoms. The second-order valence-electron chi connectivity index (χ2n) is 4.01. The summed E-state index contributed by atoms with van der Waals surface area (Å²) in [6.45, 7) is 5.59. The van der Waals surface area contributed by atoms with Crippen LogP contribution in [0.1, 0.15) is 32.3 Å². The summed E-state index contributed by atoms with van der Waals surface area (Å²) < 4.78 is 24.8. The highest BCUT2D eigenvalue weighted by atomic mass is 19.3. The molecule has 0 radical (unpaired) electrons. The van der Waals surface area contributed by atoms with Gasteiger partial charge in [-0.3, -0.25) is 0 Å². The molecule has 1 unspecified atom stereocenters. The topological polar surface area (TPSA) is 12.0 Å². The van der Waals surface area contributed by atoms with Gasteiger partial charge in [-0.25, -0.2) is 8.78 Å². The van der Waals surface area contributed by atoms with Gasteiger partial charge in [-0.1, -0.05) is 32.0 Å². The molecule has 0 saturated carbocycles. The lowest BCUT2D eigenvalue weighted by Gasteiger charge is -2.18. The molecule has 1 aromatic rings. The Kier molecular flexibility index (Phi) is 4.06. The van der Waals surface area contributed by atoms with Crippen LogP contribution in [-0.4, -0.2) is 12.5 Å². The number of benzene rings is 1. The van der Waals surface area contributed by atoms with Crippen LogP contribution in [0.5, 0.6) is 0 Å². The highest BCUT2D eigenvalue weighted by Crippen LogP contribution is 2.24. The summed E-state index contributed by atoms with van der Waals surface area (Å²) in [5.74, 6) is 0.332. The van der Waals surface area contributed by atoms with E-state index in [0.717, 1.165) is 11.3 Å². The summed E-state index contributed by atoms with van der Waals surface area (Å²) in [6, 6.07) is 6.77. The van der Waals surface area contributed by atoms with Crippen molar-refractivity contribution >= 4 is 5.69 Å². The molecule has 0 aliphatic rings. The van der Waals surface area contributed by atoms with E-state index in [1.54, 1.807) is 0 Å². The lowest BCUT2D eigenvalue weighted by atomic mass is 10.0. The molecule has 1 aromatic carbocycles. The smallest absolute Gasteiger partial charge is 0.258 e. The number of nitrogens with one attached hydrogen (secondary N) is 1. The van der Waals surface area contributed by atoms with Crippen LogP contribution >= 0.6 is 0 Å². The molecule has 0 fully saturated rings. The van der Waals surface area contributed by atoms with E-state index in [9.17, 15) is 8.78 Å². The van der Waals surface area contributed by atoms with Crippen molar-refractivity contribution in [3.8, 4) is 0 Å². The molecule has 0 aromatic heterocycles. The Morgan fingerprint density at radius 1 is 1.07 bits per heavy atom. The molecule has 15 heavy (non-hydrogen) atoms. The molecule has 0 spiro atoms. The molecule has 1 nitrogen and oxygen atoms in total. The first-order chi connectivity index (χ1) is 7.02. The fraction of sp³-hybridized carbons (Fsp3) is 0.500. The van der Waals surface area contributed by atoms with Crippen LogP contribution < -0.4 is 5.32 Å². The van der Waals surface area contributed by atoms with Crippen LogP contribution in [0.3, 0.4) is 0 Å². The number of hydrogen-bond donors (Lipinski definition) is 1. The van der Waals surface area contributed by atoms with E-state index < -0.39 is 12.5 Å². The molecule has 84 valence electrons. The zero-order valence-corrected chi connectivity index (χ0v) is 9.30. The average molecular weight is 213 g/mol. The van der Waals surface area contributed by atoms with Crippen LogP contribution in [0, 0.1) is 0 Å². The van der Waals surface area contributed by atoms with E-state index in [1.807, 2.05) is 38.1 Å². The summed E-state index contributed by atoms with van der Waals surface area (Å²) in [7, 11) is 0. The first-order valence-corrected chi connectivity index (χ1v) is 5.16. The fourth-order valence-electron chi connectivity index (χ4n) is 1.44. The monoisotopic (exact) mass is 213 g/mol. The number of anilines is 1. The average Bonchev–Trinajstić information content (AvgIpc) is 2.18. The van der Waals surface area contributed by atoms with Gasteiger partial charge in [-0.2, -0.15) is 0 Å². The lowest BCUT2D eigenvalue weighted by Crippen LogP contribution is -2.24. The van der Waals surface area contributed by atoms with Crippen LogP contribution in [0.15, 0.2) is 24.3 Å². The molecule has 1 rings (SSSR count). The maximum Gasteiger partial charge on any atom is 0.258 e. The molecular formula is C12H17F2N. The molecule has 1 atom stereocenters. The van der Waals surface area contributed by atoms with E-state index in [4.69, 9.17) is 0 Å². The fourth-order valence-corrected chi connectivity index (χ4v) is 1.44. The van der Waals surface area contributed by atoms with Crippen molar-refractivity contribution in [2.24, 2.45) is 0 Å². The number of para-hydroxylation sites is 1. The summed E-state index contributed by atoms with van der Waals surface area (Å²) >= 11 is 0. The van der Waals surface area contributed by atoms with Gasteiger partial charge in [-0.05, 0) is 24.5 Å². The maximum atomic E-state index is 12.4.